The summed E-state index contributed by atoms with van der Waals surface area (Å²) in [4.78, 5) is 11.9. The second kappa shape index (κ2) is 6.74. The number of hydrogen-bond acceptors (Lipinski definition) is 6. The van der Waals surface area contributed by atoms with Gasteiger partial charge in [-0.2, -0.15) is 0 Å². The van der Waals surface area contributed by atoms with E-state index in [2.05, 4.69) is 20.2 Å². The summed E-state index contributed by atoms with van der Waals surface area (Å²) in [6.07, 6.45) is 1.68. The highest BCUT2D eigenvalue weighted by Crippen LogP contribution is 2.11. The first-order chi connectivity index (χ1) is 9.94. The van der Waals surface area contributed by atoms with Crippen molar-refractivity contribution in [3.05, 3.63) is 40.9 Å². The van der Waals surface area contributed by atoms with Gasteiger partial charge in [-0.05, 0) is 24.1 Å². The number of aromatic nitrogens is 2. The highest BCUT2D eigenvalue weighted by atomic mass is 32.2. The number of rotatable bonds is 6. The van der Waals surface area contributed by atoms with E-state index in [9.17, 15) is 13.2 Å². The molecule has 0 unspecified atom stereocenters. The lowest BCUT2D eigenvalue weighted by molar-refractivity contribution is 0.102. The molecule has 112 valence electrons. The first-order valence-corrected chi connectivity index (χ1v) is 8.82. The zero-order valence-electron chi connectivity index (χ0n) is 11.2. The second-order valence-electron chi connectivity index (χ2n) is 4.31. The van der Waals surface area contributed by atoms with Gasteiger partial charge in [0.25, 0.3) is 5.91 Å². The fraction of sp³-hybridized carbons (Fsp3) is 0.250. The van der Waals surface area contributed by atoms with Crippen LogP contribution in [0.3, 0.4) is 0 Å². The fourth-order valence-corrected chi connectivity index (χ4v) is 2.51. The van der Waals surface area contributed by atoms with Crippen molar-refractivity contribution in [2.75, 3.05) is 18.1 Å². The predicted octanol–water partition coefficient (Wildman–Crippen LogP) is 0.882. The molecule has 0 aliphatic heterocycles. The lowest BCUT2D eigenvalue weighted by Gasteiger charge is -2.05. The summed E-state index contributed by atoms with van der Waals surface area (Å²) < 4.78 is 24.3. The number of sulfonamides is 1. The van der Waals surface area contributed by atoms with Gasteiger partial charge in [0.1, 0.15) is 5.51 Å². The molecule has 0 radical (unpaired) electrons. The zero-order chi connectivity index (χ0) is 15.3. The van der Waals surface area contributed by atoms with Crippen molar-refractivity contribution in [1.82, 2.24) is 14.9 Å². The standard InChI is InChI=1S/C12H14N4O3S2/c1-21(18,19)14-7-6-9-2-4-10(5-3-9)11(17)15-12-16-13-8-20-12/h2-5,8,14H,6-7H2,1H3,(H,15,16,17). The number of anilines is 1. The summed E-state index contributed by atoms with van der Waals surface area (Å²) in [6.45, 7) is 0.329. The largest absolute Gasteiger partial charge is 0.296 e. The average Bonchev–Trinajstić information content (AvgIpc) is 2.91. The Balaban J connectivity index is 1.91. The van der Waals surface area contributed by atoms with Crippen LogP contribution in [-0.2, 0) is 16.4 Å². The summed E-state index contributed by atoms with van der Waals surface area (Å²) in [6, 6.07) is 6.95. The van der Waals surface area contributed by atoms with Crippen LogP contribution in [0, 0.1) is 0 Å². The molecule has 1 heterocycles. The molecule has 7 nitrogen and oxygen atoms in total. The predicted molar refractivity (Wildman–Crippen MR) is 80.9 cm³/mol. The molecule has 2 rings (SSSR count). The molecule has 0 aliphatic carbocycles. The molecule has 1 amide bonds. The van der Waals surface area contributed by atoms with Gasteiger partial charge in [-0.25, -0.2) is 13.1 Å². The fourth-order valence-electron chi connectivity index (χ4n) is 1.60. The first-order valence-electron chi connectivity index (χ1n) is 6.05. The topological polar surface area (TPSA) is 101 Å². The van der Waals surface area contributed by atoms with Crippen LogP contribution in [0.15, 0.2) is 29.8 Å². The SMILES string of the molecule is CS(=O)(=O)NCCc1ccc(C(=O)Nc2nncs2)cc1. The van der Waals surface area contributed by atoms with Gasteiger partial charge in [-0.15, -0.1) is 10.2 Å². The Morgan fingerprint density at radius 2 is 2.00 bits per heavy atom. The van der Waals surface area contributed by atoms with Gasteiger partial charge < -0.3 is 0 Å². The minimum Gasteiger partial charge on any atom is -0.296 e. The Labute approximate surface area is 126 Å². The van der Waals surface area contributed by atoms with Crippen LogP contribution >= 0.6 is 11.3 Å². The smallest absolute Gasteiger partial charge is 0.257 e. The van der Waals surface area contributed by atoms with Crippen molar-refractivity contribution in [1.29, 1.82) is 0 Å². The molecular formula is C12H14N4O3S2. The molecule has 0 aliphatic rings. The molecule has 21 heavy (non-hydrogen) atoms. The van der Waals surface area contributed by atoms with Gasteiger partial charge in [-0.3, -0.25) is 10.1 Å². The number of amides is 1. The van der Waals surface area contributed by atoms with E-state index >= 15 is 0 Å². The van der Waals surface area contributed by atoms with Crippen LogP contribution in [0.25, 0.3) is 0 Å². The molecule has 0 atom stereocenters. The van der Waals surface area contributed by atoms with Crippen LogP contribution in [-0.4, -0.2) is 37.3 Å². The minimum absolute atomic E-state index is 0.257. The molecule has 0 bridgehead atoms. The molecule has 1 aromatic heterocycles. The van der Waals surface area contributed by atoms with E-state index in [1.807, 2.05) is 0 Å². The van der Waals surface area contributed by atoms with E-state index in [-0.39, 0.29) is 5.91 Å². The van der Waals surface area contributed by atoms with Crippen LogP contribution in [0.2, 0.25) is 0 Å². The molecular weight excluding hydrogens is 312 g/mol. The van der Waals surface area contributed by atoms with Gasteiger partial charge in [0.05, 0.1) is 6.26 Å². The zero-order valence-corrected chi connectivity index (χ0v) is 12.9. The van der Waals surface area contributed by atoms with Gasteiger partial charge in [0.15, 0.2) is 0 Å². The van der Waals surface area contributed by atoms with E-state index in [1.54, 1.807) is 24.3 Å². The lowest BCUT2D eigenvalue weighted by atomic mass is 10.1. The van der Waals surface area contributed by atoms with Crippen molar-refractivity contribution >= 4 is 32.4 Å². The average molecular weight is 326 g/mol. The highest BCUT2D eigenvalue weighted by Gasteiger charge is 2.08. The summed E-state index contributed by atoms with van der Waals surface area (Å²) in [7, 11) is -3.17. The monoisotopic (exact) mass is 326 g/mol. The van der Waals surface area contributed by atoms with E-state index in [1.165, 1.54) is 16.8 Å². The highest BCUT2D eigenvalue weighted by molar-refractivity contribution is 7.88. The quantitative estimate of drug-likeness (QED) is 0.821. The Kier molecular flexibility index (Phi) is 4.99. The third kappa shape index (κ3) is 5.21. The Hall–Kier alpha value is -1.84. The number of hydrogen-bond donors (Lipinski definition) is 2. The van der Waals surface area contributed by atoms with Crippen molar-refractivity contribution in [3.8, 4) is 0 Å². The lowest BCUT2D eigenvalue weighted by Crippen LogP contribution is -2.24. The van der Waals surface area contributed by atoms with E-state index in [4.69, 9.17) is 0 Å². The molecule has 0 fully saturated rings. The van der Waals surface area contributed by atoms with Crippen molar-refractivity contribution < 1.29 is 13.2 Å². The summed E-state index contributed by atoms with van der Waals surface area (Å²) >= 11 is 1.24. The summed E-state index contributed by atoms with van der Waals surface area (Å²) in [5.41, 5.74) is 2.98. The molecule has 2 N–H and O–H groups in total. The van der Waals surface area contributed by atoms with Gasteiger partial charge in [0.2, 0.25) is 15.2 Å². The molecule has 2 aromatic rings. The van der Waals surface area contributed by atoms with Crippen molar-refractivity contribution in [2.45, 2.75) is 6.42 Å². The van der Waals surface area contributed by atoms with E-state index < -0.39 is 10.0 Å². The summed E-state index contributed by atoms with van der Waals surface area (Å²) in [5, 5.41) is 10.4. The van der Waals surface area contributed by atoms with Crippen LogP contribution in [0.4, 0.5) is 5.13 Å². The van der Waals surface area contributed by atoms with Crippen molar-refractivity contribution in [2.24, 2.45) is 0 Å². The summed E-state index contributed by atoms with van der Waals surface area (Å²) in [5.74, 6) is -0.257. The third-order valence-electron chi connectivity index (χ3n) is 2.57. The first kappa shape index (κ1) is 15.5. The van der Waals surface area contributed by atoms with Crippen LogP contribution < -0.4 is 10.0 Å². The number of nitrogens with zero attached hydrogens (tertiary/aromatic N) is 2. The number of benzene rings is 1. The maximum absolute atomic E-state index is 11.9. The normalized spacial score (nSPS) is 11.3. The Morgan fingerprint density at radius 1 is 1.29 bits per heavy atom. The van der Waals surface area contributed by atoms with Gasteiger partial charge in [-0.1, -0.05) is 23.5 Å². The second-order valence-corrected chi connectivity index (χ2v) is 6.98. The number of nitrogens with one attached hydrogen (secondary N) is 2. The maximum Gasteiger partial charge on any atom is 0.257 e. The van der Waals surface area contributed by atoms with Crippen LogP contribution in [0.1, 0.15) is 15.9 Å². The van der Waals surface area contributed by atoms with Gasteiger partial charge >= 0.3 is 0 Å². The Bertz CT molecular complexity index is 697. The number of carbonyl (C=O) groups excluding carboxylic acids is 1. The number of carbonyl (C=O) groups is 1. The molecule has 0 saturated heterocycles. The maximum atomic E-state index is 11.9. The van der Waals surface area contributed by atoms with Gasteiger partial charge in [0, 0.05) is 12.1 Å². The van der Waals surface area contributed by atoms with E-state index in [0.29, 0.717) is 23.7 Å². The molecule has 0 saturated carbocycles. The minimum atomic E-state index is -3.17. The molecule has 0 spiro atoms. The molecule has 9 heteroatoms. The van der Waals surface area contributed by atoms with Crippen LogP contribution in [0.5, 0.6) is 0 Å². The van der Waals surface area contributed by atoms with Crippen molar-refractivity contribution in [3.63, 3.8) is 0 Å². The third-order valence-corrected chi connectivity index (χ3v) is 3.91. The van der Waals surface area contributed by atoms with E-state index in [0.717, 1.165) is 11.8 Å². The Morgan fingerprint density at radius 3 is 2.57 bits per heavy atom. The molecule has 1 aromatic carbocycles.